The molecular weight excluding hydrogens is 354 g/mol. The minimum atomic E-state index is -0.943. The molecule has 0 aromatic heterocycles. The molecule has 2 aromatic rings. The molecule has 1 amide bonds. The summed E-state index contributed by atoms with van der Waals surface area (Å²) in [7, 11) is 0. The monoisotopic (exact) mass is 371 g/mol. The van der Waals surface area contributed by atoms with Crippen molar-refractivity contribution in [3.63, 3.8) is 0 Å². The SMILES string of the molecule is O=C(O)[C@H]1CC=CC[C@H]1C(=O)Nc1ccc(Oc2ccc(Cl)cc2)cc1. The number of ether oxygens (including phenoxy) is 1. The van der Waals surface area contributed by atoms with Crippen molar-refractivity contribution in [1.29, 1.82) is 0 Å². The molecule has 0 fully saturated rings. The Morgan fingerprint density at radius 1 is 0.923 bits per heavy atom. The Labute approximate surface area is 156 Å². The number of carboxylic acid groups (broad SMARTS) is 1. The lowest BCUT2D eigenvalue weighted by Crippen LogP contribution is -2.34. The van der Waals surface area contributed by atoms with Gasteiger partial charge in [0.15, 0.2) is 0 Å². The smallest absolute Gasteiger partial charge is 0.307 e. The minimum Gasteiger partial charge on any atom is -0.481 e. The van der Waals surface area contributed by atoms with E-state index in [1.165, 1.54) is 0 Å². The fraction of sp³-hybridized carbons (Fsp3) is 0.200. The van der Waals surface area contributed by atoms with Gasteiger partial charge in [-0.15, -0.1) is 0 Å². The van der Waals surface area contributed by atoms with E-state index in [1.54, 1.807) is 48.5 Å². The van der Waals surface area contributed by atoms with Crippen molar-refractivity contribution in [2.24, 2.45) is 11.8 Å². The Balaban J connectivity index is 1.63. The van der Waals surface area contributed by atoms with E-state index in [0.717, 1.165) is 0 Å². The van der Waals surface area contributed by atoms with Crippen LogP contribution < -0.4 is 10.1 Å². The largest absolute Gasteiger partial charge is 0.481 e. The van der Waals surface area contributed by atoms with E-state index in [9.17, 15) is 14.7 Å². The quantitative estimate of drug-likeness (QED) is 0.744. The first-order chi connectivity index (χ1) is 12.5. The van der Waals surface area contributed by atoms with Crippen molar-refractivity contribution >= 4 is 29.2 Å². The second-order valence-electron chi connectivity index (χ2n) is 6.06. The number of carbonyl (C=O) groups excluding carboxylic acids is 1. The van der Waals surface area contributed by atoms with Crippen molar-refractivity contribution in [2.45, 2.75) is 12.8 Å². The van der Waals surface area contributed by atoms with Gasteiger partial charge in [-0.25, -0.2) is 0 Å². The van der Waals surface area contributed by atoms with Crippen molar-refractivity contribution in [3.05, 3.63) is 65.7 Å². The number of carboxylic acids is 1. The maximum Gasteiger partial charge on any atom is 0.307 e. The highest BCUT2D eigenvalue weighted by Crippen LogP contribution is 2.28. The lowest BCUT2D eigenvalue weighted by molar-refractivity contribution is -0.146. The molecule has 6 heteroatoms. The van der Waals surface area contributed by atoms with Crippen LogP contribution in [0.2, 0.25) is 5.02 Å². The third kappa shape index (κ3) is 4.43. The van der Waals surface area contributed by atoms with Crippen molar-refractivity contribution in [2.75, 3.05) is 5.32 Å². The number of nitrogens with one attached hydrogen (secondary N) is 1. The molecule has 0 saturated carbocycles. The summed E-state index contributed by atoms with van der Waals surface area (Å²) in [5.74, 6) is -1.21. The Bertz CT molecular complexity index is 815. The molecule has 0 unspecified atom stereocenters. The van der Waals surface area contributed by atoms with E-state index >= 15 is 0 Å². The van der Waals surface area contributed by atoms with Gasteiger partial charge in [-0.1, -0.05) is 23.8 Å². The van der Waals surface area contributed by atoms with E-state index in [2.05, 4.69) is 5.32 Å². The van der Waals surface area contributed by atoms with Gasteiger partial charge < -0.3 is 15.2 Å². The third-order valence-corrected chi connectivity index (χ3v) is 4.51. The van der Waals surface area contributed by atoms with E-state index in [0.29, 0.717) is 35.1 Å². The lowest BCUT2D eigenvalue weighted by atomic mass is 9.82. The van der Waals surface area contributed by atoms with Crippen LogP contribution in [0.1, 0.15) is 12.8 Å². The molecule has 2 N–H and O–H groups in total. The number of rotatable bonds is 5. The highest BCUT2D eigenvalue weighted by atomic mass is 35.5. The summed E-state index contributed by atoms with van der Waals surface area (Å²) in [6.07, 6.45) is 4.47. The highest BCUT2D eigenvalue weighted by molar-refractivity contribution is 6.30. The fourth-order valence-electron chi connectivity index (χ4n) is 2.86. The molecule has 0 bridgehead atoms. The number of allylic oxidation sites excluding steroid dienone is 2. The number of carbonyl (C=O) groups is 2. The molecule has 26 heavy (non-hydrogen) atoms. The molecule has 1 aliphatic carbocycles. The Morgan fingerprint density at radius 2 is 1.46 bits per heavy atom. The third-order valence-electron chi connectivity index (χ3n) is 4.26. The Hall–Kier alpha value is -2.79. The molecule has 0 radical (unpaired) electrons. The molecule has 0 aliphatic heterocycles. The van der Waals surface area contributed by atoms with Crippen LogP contribution in [-0.4, -0.2) is 17.0 Å². The zero-order valence-corrected chi connectivity index (χ0v) is 14.6. The molecule has 1 aliphatic rings. The lowest BCUT2D eigenvalue weighted by Gasteiger charge is -2.24. The topological polar surface area (TPSA) is 75.6 Å². The van der Waals surface area contributed by atoms with E-state index in [-0.39, 0.29) is 5.91 Å². The molecule has 134 valence electrons. The van der Waals surface area contributed by atoms with Crippen LogP contribution in [0.5, 0.6) is 11.5 Å². The number of halogens is 1. The standard InChI is InChI=1S/C20H18ClNO4/c21-13-5-9-15(10-6-13)26-16-11-7-14(8-12-16)22-19(23)17-3-1-2-4-18(17)20(24)25/h1-2,5-12,17-18H,3-4H2,(H,22,23)(H,24,25)/t17-,18+/m1/s1. The molecule has 5 nitrogen and oxygen atoms in total. The van der Waals surface area contributed by atoms with Crippen LogP contribution in [0.3, 0.4) is 0 Å². The summed E-state index contributed by atoms with van der Waals surface area (Å²) >= 11 is 5.84. The number of benzene rings is 2. The van der Waals surface area contributed by atoms with Crippen LogP contribution in [-0.2, 0) is 9.59 Å². The van der Waals surface area contributed by atoms with Crippen LogP contribution in [0.4, 0.5) is 5.69 Å². The van der Waals surface area contributed by atoms with Gasteiger partial charge in [0, 0.05) is 10.7 Å². The molecule has 2 atom stereocenters. The minimum absolute atomic E-state index is 0.284. The van der Waals surface area contributed by atoms with Gasteiger partial charge in [0.2, 0.25) is 5.91 Å². The average Bonchev–Trinajstić information content (AvgIpc) is 2.65. The zero-order valence-electron chi connectivity index (χ0n) is 13.9. The van der Waals surface area contributed by atoms with Crippen LogP contribution >= 0.6 is 11.6 Å². The Morgan fingerprint density at radius 3 is 2.04 bits per heavy atom. The maximum atomic E-state index is 12.4. The Kier molecular flexibility index (Phi) is 5.58. The predicted octanol–water partition coefficient (Wildman–Crippen LogP) is 4.74. The number of amides is 1. The van der Waals surface area contributed by atoms with Crippen LogP contribution in [0.25, 0.3) is 0 Å². The maximum absolute atomic E-state index is 12.4. The van der Waals surface area contributed by atoms with Crippen LogP contribution in [0, 0.1) is 11.8 Å². The molecule has 2 aromatic carbocycles. The summed E-state index contributed by atoms with van der Waals surface area (Å²) in [6, 6.07) is 13.9. The predicted molar refractivity (Wildman–Crippen MR) is 99.6 cm³/mol. The van der Waals surface area contributed by atoms with Crippen molar-refractivity contribution in [1.82, 2.24) is 0 Å². The van der Waals surface area contributed by atoms with E-state index < -0.39 is 17.8 Å². The first-order valence-corrected chi connectivity index (χ1v) is 8.63. The second kappa shape index (κ2) is 8.06. The number of hydrogen-bond donors (Lipinski definition) is 2. The average molecular weight is 372 g/mol. The summed E-state index contributed by atoms with van der Waals surface area (Å²) in [4.78, 5) is 23.8. The number of hydrogen-bond acceptors (Lipinski definition) is 3. The molecule has 0 saturated heterocycles. The van der Waals surface area contributed by atoms with Gasteiger partial charge in [0.1, 0.15) is 11.5 Å². The number of anilines is 1. The molecule has 0 heterocycles. The zero-order chi connectivity index (χ0) is 18.5. The van der Waals surface area contributed by atoms with Gasteiger partial charge in [0.25, 0.3) is 0 Å². The van der Waals surface area contributed by atoms with Gasteiger partial charge in [0.05, 0.1) is 11.8 Å². The summed E-state index contributed by atoms with van der Waals surface area (Å²) < 4.78 is 5.70. The fourth-order valence-corrected chi connectivity index (χ4v) is 2.98. The van der Waals surface area contributed by atoms with Crippen molar-refractivity contribution < 1.29 is 19.4 Å². The normalized spacial score (nSPS) is 19.0. The molecular formula is C20H18ClNO4. The second-order valence-corrected chi connectivity index (χ2v) is 6.50. The highest BCUT2D eigenvalue weighted by Gasteiger charge is 2.33. The molecule has 0 spiro atoms. The first-order valence-electron chi connectivity index (χ1n) is 8.25. The van der Waals surface area contributed by atoms with Crippen molar-refractivity contribution in [3.8, 4) is 11.5 Å². The van der Waals surface area contributed by atoms with Gasteiger partial charge >= 0.3 is 5.97 Å². The van der Waals surface area contributed by atoms with Gasteiger partial charge in [-0.05, 0) is 61.4 Å². The summed E-state index contributed by atoms with van der Waals surface area (Å²) in [5.41, 5.74) is 0.595. The van der Waals surface area contributed by atoms with E-state index in [1.807, 2.05) is 12.2 Å². The van der Waals surface area contributed by atoms with Gasteiger partial charge in [-0.3, -0.25) is 9.59 Å². The van der Waals surface area contributed by atoms with Crippen LogP contribution in [0.15, 0.2) is 60.7 Å². The first kappa shape index (κ1) is 18.0. The van der Waals surface area contributed by atoms with Gasteiger partial charge in [-0.2, -0.15) is 0 Å². The number of aliphatic carboxylic acids is 1. The molecule has 3 rings (SSSR count). The van der Waals surface area contributed by atoms with E-state index in [4.69, 9.17) is 16.3 Å². The summed E-state index contributed by atoms with van der Waals surface area (Å²) in [6.45, 7) is 0. The summed E-state index contributed by atoms with van der Waals surface area (Å²) in [5, 5.41) is 12.7.